The quantitative estimate of drug-likeness (QED) is 0.378. The first kappa shape index (κ1) is 24.5. The Balaban J connectivity index is 1.52. The van der Waals surface area contributed by atoms with Gasteiger partial charge < -0.3 is 0 Å². The van der Waals surface area contributed by atoms with Gasteiger partial charge in [0.2, 0.25) is 0 Å². The summed E-state index contributed by atoms with van der Waals surface area (Å²) in [5.41, 5.74) is 12.2. The van der Waals surface area contributed by atoms with Crippen LogP contribution in [0, 0.1) is 11.8 Å². The van der Waals surface area contributed by atoms with Gasteiger partial charge >= 0.3 is 0 Å². The van der Waals surface area contributed by atoms with E-state index in [1.165, 1.54) is 39.0 Å². The Hall–Kier alpha value is -3.23. The molecule has 2 aromatic rings. The van der Waals surface area contributed by atoms with Gasteiger partial charge in [0.25, 0.3) is 0 Å². The number of ketones is 2. The van der Waals surface area contributed by atoms with Gasteiger partial charge in [-0.1, -0.05) is 82.9 Å². The molecule has 36 heavy (non-hydrogen) atoms. The SMILES string of the molecule is CC(=O)c1ccc(CC(=O)C[C@@H]2C=C(c3ccc(Cl)cc3)C3=C(CC(C)=C3C)C3C(C)=CC=C32)cc1. The maximum Gasteiger partial charge on any atom is 0.159 e. The average Bonchev–Trinajstić information content (AvgIpc) is 3.32. The summed E-state index contributed by atoms with van der Waals surface area (Å²) in [6.07, 6.45) is 8.60. The molecular formula is C33H31ClO2. The highest BCUT2D eigenvalue weighted by atomic mass is 35.5. The van der Waals surface area contributed by atoms with Gasteiger partial charge in [-0.05, 0) is 79.7 Å². The third-order valence-electron chi connectivity index (χ3n) is 7.90. The largest absolute Gasteiger partial charge is 0.299 e. The van der Waals surface area contributed by atoms with Crippen molar-refractivity contribution in [2.24, 2.45) is 11.8 Å². The number of rotatable bonds is 6. The molecule has 3 aliphatic rings. The fraction of sp³-hybridized carbons (Fsp3) is 0.273. The smallest absolute Gasteiger partial charge is 0.159 e. The van der Waals surface area contributed by atoms with Crippen LogP contribution in [0.4, 0.5) is 0 Å². The van der Waals surface area contributed by atoms with Crippen molar-refractivity contribution in [3.8, 4) is 0 Å². The highest BCUT2D eigenvalue weighted by Gasteiger charge is 2.38. The molecule has 0 bridgehead atoms. The maximum atomic E-state index is 13.4. The van der Waals surface area contributed by atoms with Gasteiger partial charge in [-0.25, -0.2) is 0 Å². The van der Waals surface area contributed by atoms with Crippen LogP contribution in [0.1, 0.15) is 62.0 Å². The molecule has 5 rings (SSSR count). The van der Waals surface area contributed by atoms with Crippen molar-refractivity contribution in [1.82, 2.24) is 0 Å². The van der Waals surface area contributed by atoms with Crippen LogP contribution in [-0.2, 0) is 11.2 Å². The van der Waals surface area contributed by atoms with E-state index in [0.717, 1.165) is 22.6 Å². The van der Waals surface area contributed by atoms with Gasteiger partial charge in [0.15, 0.2) is 5.78 Å². The first-order valence-corrected chi connectivity index (χ1v) is 13.0. The predicted octanol–water partition coefficient (Wildman–Crippen LogP) is 8.30. The van der Waals surface area contributed by atoms with E-state index in [4.69, 9.17) is 11.6 Å². The summed E-state index contributed by atoms with van der Waals surface area (Å²) in [7, 11) is 0. The van der Waals surface area contributed by atoms with E-state index < -0.39 is 0 Å². The Labute approximate surface area is 218 Å². The molecule has 0 radical (unpaired) electrons. The lowest BCUT2D eigenvalue weighted by atomic mass is 9.80. The highest BCUT2D eigenvalue weighted by Crippen LogP contribution is 2.52. The molecule has 0 fully saturated rings. The number of halogens is 1. The van der Waals surface area contributed by atoms with Crippen molar-refractivity contribution in [1.29, 1.82) is 0 Å². The molecule has 182 valence electrons. The molecule has 0 spiro atoms. The van der Waals surface area contributed by atoms with E-state index in [-0.39, 0.29) is 23.4 Å². The minimum Gasteiger partial charge on any atom is -0.299 e. The average molecular weight is 495 g/mol. The lowest BCUT2D eigenvalue weighted by molar-refractivity contribution is -0.118. The molecule has 0 saturated heterocycles. The van der Waals surface area contributed by atoms with E-state index in [2.05, 4.69) is 51.1 Å². The van der Waals surface area contributed by atoms with E-state index >= 15 is 0 Å². The summed E-state index contributed by atoms with van der Waals surface area (Å²) in [4.78, 5) is 25.0. The third-order valence-corrected chi connectivity index (χ3v) is 8.15. The summed E-state index contributed by atoms with van der Waals surface area (Å²) in [5.74, 6) is 0.517. The molecule has 0 saturated carbocycles. The fourth-order valence-corrected chi connectivity index (χ4v) is 6.03. The number of carbonyl (C=O) groups excluding carboxylic acids is 2. The van der Waals surface area contributed by atoms with Gasteiger partial charge in [0.05, 0.1) is 0 Å². The summed E-state index contributed by atoms with van der Waals surface area (Å²) < 4.78 is 0. The second-order valence-corrected chi connectivity index (χ2v) is 10.8. The van der Waals surface area contributed by atoms with Crippen molar-refractivity contribution < 1.29 is 9.59 Å². The zero-order valence-electron chi connectivity index (χ0n) is 21.3. The molecule has 0 aliphatic heterocycles. The first-order chi connectivity index (χ1) is 17.2. The Morgan fingerprint density at radius 3 is 2.31 bits per heavy atom. The molecule has 3 aliphatic carbocycles. The zero-order valence-corrected chi connectivity index (χ0v) is 22.1. The summed E-state index contributed by atoms with van der Waals surface area (Å²) in [6.45, 7) is 8.24. The van der Waals surface area contributed by atoms with Crippen molar-refractivity contribution >= 4 is 28.7 Å². The minimum atomic E-state index is 0.0251. The molecule has 1 unspecified atom stereocenters. The summed E-state index contributed by atoms with van der Waals surface area (Å²) >= 11 is 6.22. The van der Waals surface area contributed by atoms with Crippen LogP contribution in [0.2, 0.25) is 5.02 Å². The molecule has 0 heterocycles. The van der Waals surface area contributed by atoms with Crippen LogP contribution in [0.25, 0.3) is 5.57 Å². The first-order valence-electron chi connectivity index (χ1n) is 12.6. The van der Waals surface area contributed by atoms with Crippen LogP contribution >= 0.6 is 11.6 Å². The Kier molecular flexibility index (Phi) is 6.57. The monoisotopic (exact) mass is 494 g/mol. The zero-order chi connectivity index (χ0) is 25.6. The summed E-state index contributed by atoms with van der Waals surface area (Å²) in [6, 6.07) is 15.5. The van der Waals surface area contributed by atoms with Gasteiger partial charge in [-0.3, -0.25) is 9.59 Å². The van der Waals surface area contributed by atoms with Crippen molar-refractivity contribution in [3.05, 3.63) is 122 Å². The number of fused-ring (bicyclic) bond motifs is 2. The van der Waals surface area contributed by atoms with Crippen LogP contribution in [-0.4, -0.2) is 11.6 Å². The van der Waals surface area contributed by atoms with Gasteiger partial charge in [-0.2, -0.15) is 0 Å². The lowest BCUT2D eigenvalue weighted by Crippen LogP contribution is -2.16. The molecule has 2 atom stereocenters. The predicted molar refractivity (Wildman–Crippen MR) is 148 cm³/mol. The second-order valence-electron chi connectivity index (χ2n) is 10.4. The normalized spacial score (nSPS) is 21.0. The van der Waals surface area contributed by atoms with Crippen LogP contribution in [0.5, 0.6) is 0 Å². The lowest BCUT2D eigenvalue weighted by Gasteiger charge is -2.23. The molecule has 0 amide bonds. The van der Waals surface area contributed by atoms with E-state index in [1.54, 1.807) is 6.92 Å². The third kappa shape index (κ3) is 4.51. The molecule has 3 heteroatoms. The standard InChI is InChI=1S/C33H31ClO2/c1-19-5-14-29-26(17-28(36)16-23-6-8-24(9-7-23)22(4)35)18-30(25-10-12-27(34)13-11-25)33-21(3)20(2)15-31(33)32(19)29/h5-14,18,26,32H,15-17H2,1-4H3/t26-,32?/m1/s1. The number of hydrogen-bond donors (Lipinski definition) is 0. The maximum absolute atomic E-state index is 13.4. The van der Waals surface area contributed by atoms with Crippen molar-refractivity contribution in [2.45, 2.75) is 47.0 Å². The van der Waals surface area contributed by atoms with E-state index in [1.807, 2.05) is 36.4 Å². The molecule has 0 aromatic heterocycles. The van der Waals surface area contributed by atoms with Gasteiger partial charge in [0.1, 0.15) is 5.78 Å². The van der Waals surface area contributed by atoms with Gasteiger partial charge in [0, 0.05) is 35.3 Å². The van der Waals surface area contributed by atoms with Crippen molar-refractivity contribution in [2.75, 3.05) is 0 Å². The molecule has 2 nitrogen and oxygen atoms in total. The minimum absolute atomic E-state index is 0.0251. The van der Waals surface area contributed by atoms with Crippen LogP contribution in [0.3, 0.4) is 0 Å². The van der Waals surface area contributed by atoms with Crippen LogP contribution in [0.15, 0.2) is 100 Å². The highest BCUT2D eigenvalue weighted by molar-refractivity contribution is 6.30. The van der Waals surface area contributed by atoms with E-state index in [0.29, 0.717) is 18.4 Å². The van der Waals surface area contributed by atoms with Gasteiger partial charge in [-0.15, -0.1) is 0 Å². The molecular weight excluding hydrogens is 464 g/mol. The Morgan fingerprint density at radius 2 is 1.64 bits per heavy atom. The van der Waals surface area contributed by atoms with Crippen molar-refractivity contribution in [3.63, 3.8) is 0 Å². The Bertz CT molecular complexity index is 1410. The topological polar surface area (TPSA) is 34.1 Å². The summed E-state index contributed by atoms with van der Waals surface area (Å²) in [5, 5.41) is 0.720. The number of carbonyl (C=O) groups is 2. The second kappa shape index (κ2) is 9.67. The fourth-order valence-electron chi connectivity index (χ4n) is 5.91. The number of benzene rings is 2. The number of hydrogen-bond acceptors (Lipinski definition) is 2. The van der Waals surface area contributed by atoms with Crippen LogP contribution < -0.4 is 0 Å². The Morgan fingerprint density at radius 1 is 0.944 bits per heavy atom. The number of Topliss-reactive ketones (excluding diaryl/α,β-unsaturated/α-hetero) is 2. The molecule has 2 aromatic carbocycles. The van der Waals surface area contributed by atoms with E-state index in [9.17, 15) is 9.59 Å². The number of allylic oxidation sites excluding steroid dienone is 10. The molecule has 0 N–H and O–H groups in total.